The van der Waals surface area contributed by atoms with Crippen molar-refractivity contribution in [2.75, 3.05) is 13.1 Å². The number of carboxylic acid groups (broad SMARTS) is 1. The molecule has 5 rings (SSSR count). The van der Waals surface area contributed by atoms with Crippen molar-refractivity contribution in [3.05, 3.63) is 54.1 Å². The first-order chi connectivity index (χ1) is 15.5. The molecule has 0 bridgehead atoms. The quantitative estimate of drug-likeness (QED) is 0.642. The molecule has 1 aromatic rings. The summed E-state index contributed by atoms with van der Waals surface area (Å²) in [6.07, 6.45) is 6.63. The van der Waals surface area contributed by atoms with Crippen LogP contribution in [0.2, 0.25) is 0 Å². The number of hydrogen-bond acceptors (Lipinski definition) is 3. The van der Waals surface area contributed by atoms with E-state index >= 15 is 0 Å². The molecular formula is C25H29F3N2O3. The lowest BCUT2D eigenvalue weighted by Crippen LogP contribution is -2.64. The van der Waals surface area contributed by atoms with Crippen LogP contribution < -0.4 is 5.32 Å². The highest BCUT2D eigenvalue weighted by Crippen LogP contribution is 2.46. The Balaban J connectivity index is 0.000000196. The zero-order valence-electron chi connectivity index (χ0n) is 18.5. The standard InChI is InChI=1S/C17H16F3NO.C8H13NO2/c1-2-15(22)21-10-16(11-21)8-7-13(9-16)12-3-5-14(6-4-12)17(18,19)20;10-7(11)6-5-8(9-6)3-1-2-4-8/h2-6,9H,1,7-8,10-11H2;6,9H,1-5H2,(H,10,11). The first-order valence-corrected chi connectivity index (χ1v) is 11.4. The van der Waals surface area contributed by atoms with Crippen LogP contribution in [-0.4, -0.2) is 46.6 Å². The van der Waals surface area contributed by atoms with Gasteiger partial charge in [-0.2, -0.15) is 13.2 Å². The predicted molar refractivity (Wildman–Crippen MR) is 118 cm³/mol. The van der Waals surface area contributed by atoms with E-state index in [0.717, 1.165) is 42.5 Å². The fourth-order valence-corrected chi connectivity index (χ4v) is 5.54. The van der Waals surface area contributed by atoms with E-state index in [-0.39, 0.29) is 22.9 Å². The maximum Gasteiger partial charge on any atom is 0.416 e. The van der Waals surface area contributed by atoms with Crippen LogP contribution in [0.4, 0.5) is 13.2 Å². The van der Waals surface area contributed by atoms with Crippen molar-refractivity contribution in [2.45, 2.75) is 62.7 Å². The second kappa shape index (κ2) is 8.63. The number of carbonyl (C=O) groups excluding carboxylic acids is 1. The van der Waals surface area contributed by atoms with Crippen molar-refractivity contribution < 1.29 is 27.9 Å². The van der Waals surface area contributed by atoms with Gasteiger partial charge in [0.05, 0.1) is 5.56 Å². The smallest absolute Gasteiger partial charge is 0.416 e. The highest BCUT2D eigenvalue weighted by Gasteiger charge is 2.48. The predicted octanol–water partition coefficient (Wildman–Crippen LogP) is 4.64. The van der Waals surface area contributed by atoms with Gasteiger partial charge in [0.15, 0.2) is 0 Å². The number of rotatable bonds is 3. The van der Waals surface area contributed by atoms with E-state index in [1.165, 1.54) is 43.9 Å². The van der Waals surface area contributed by atoms with Crippen molar-refractivity contribution in [3.63, 3.8) is 0 Å². The van der Waals surface area contributed by atoms with Gasteiger partial charge in [0.1, 0.15) is 6.04 Å². The van der Waals surface area contributed by atoms with Gasteiger partial charge in [-0.15, -0.1) is 0 Å². The lowest BCUT2D eigenvalue weighted by atomic mass is 9.79. The van der Waals surface area contributed by atoms with Gasteiger partial charge in [-0.25, -0.2) is 0 Å². The van der Waals surface area contributed by atoms with Gasteiger partial charge in [0, 0.05) is 24.0 Å². The summed E-state index contributed by atoms with van der Waals surface area (Å²) >= 11 is 0. The average Bonchev–Trinajstić information content (AvgIpc) is 3.39. The average molecular weight is 463 g/mol. The topological polar surface area (TPSA) is 69.6 Å². The Kier molecular flexibility index (Phi) is 6.16. The SMILES string of the molecule is C=CC(=O)N1CC2(C=C(c3ccc(C(F)(F)F)cc3)CC2)C1.O=C(O)C1CC2(CCCC2)N1. The van der Waals surface area contributed by atoms with E-state index in [4.69, 9.17) is 5.11 Å². The normalized spacial score (nSPS) is 24.4. The minimum absolute atomic E-state index is 0.00327. The third kappa shape index (κ3) is 4.86. The Morgan fingerprint density at radius 2 is 1.73 bits per heavy atom. The number of hydrogen-bond donors (Lipinski definition) is 2. The summed E-state index contributed by atoms with van der Waals surface area (Å²) in [5.41, 5.74) is 1.51. The molecule has 1 amide bonds. The van der Waals surface area contributed by atoms with Crippen LogP contribution in [0.25, 0.3) is 5.57 Å². The minimum Gasteiger partial charge on any atom is -0.480 e. The van der Waals surface area contributed by atoms with Gasteiger partial charge in [-0.05, 0) is 61.4 Å². The number of carbonyl (C=O) groups is 2. The molecule has 2 saturated heterocycles. The molecule has 2 N–H and O–H groups in total. The molecule has 4 aliphatic rings. The number of alkyl halides is 3. The van der Waals surface area contributed by atoms with Crippen molar-refractivity contribution in [1.29, 1.82) is 0 Å². The summed E-state index contributed by atoms with van der Waals surface area (Å²) in [6.45, 7) is 4.81. The lowest BCUT2D eigenvalue weighted by Gasteiger charge is -2.46. The lowest BCUT2D eigenvalue weighted by molar-refractivity contribution is -0.144. The maximum atomic E-state index is 12.6. The number of nitrogens with one attached hydrogen (secondary N) is 1. The number of aliphatic carboxylic acids is 1. The van der Waals surface area contributed by atoms with Crippen molar-refractivity contribution in [2.24, 2.45) is 5.41 Å². The molecule has 5 nitrogen and oxygen atoms in total. The van der Waals surface area contributed by atoms with Crippen LogP contribution in [0.15, 0.2) is 43.0 Å². The molecule has 178 valence electrons. The Bertz CT molecular complexity index is 948. The first kappa shape index (κ1) is 23.5. The number of amides is 1. The molecule has 3 fully saturated rings. The molecule has 2 aliphatic heterocycles. The van der Waals surface area contributed by atoms with E-state index in [1.54, 1.807) is 4.90 Å². The van der Waals surface area contributed by atoms with E-state index in [2.05, 4.69) is 18.0 Å². The second-order valence-electron chi connectivity index (χ2n) is 9.73. The van der Waals surface area contributed by atoms with Crippen LogP contribution in [-0.2, 0) is 15.8 Å². The Morgan fingerprint density at radius 3 is 2.24 bits per heavy atom. The molecule has 0 aromatic heterocycles. The summed E-state index contributed by atoms with van der Waals surface area (Å²) in [4.78, 5) is 23.7. The number of likely N-dealkylation sites (tertiary alicyclic amines) is 1. The number of carboxylic acids is 1. The maximum absolute atomic E-state index is 12.6. The Morgan fingerprint density at radius 1 is 1.12 bits per heavy atom. The van der Waals surface area contributed by atoms with Crippen LogP contribution >= 0.6 is 0 Å². The third-order valence-electron chi connectivity index (χ3n) is 7.39. The molecule has 2 spiro atoms. The Hall–Kier alpha value is -2.61. The summed E-state index contributed by atoms with van der Waals surface area (Å²) in [5.74, 6) is -0.760. The molecular weight excluding hydrogens is 433 g/mol. The number of benzene rings is 1. The van der Waals surface area contributed by atoms with Crippen molar-refractivity contribution >= 4 is 17.4 Å². The molecule has 2 aliphatic carbocycles. The van der Waals surface area contributed by atoms with Crippen LogP contribution in [0, 0.1) is 5.41 Å². The van der Waals surface area contributed by atoms with Gasteiger partial charge in [-0.3, -0.25) is 14.9 Å². The zero-order chi connectivity index (χ0) is 23.9. The summed E-state index contributed by atoms with van der Waals surface area (Å²) in [7, 11) is 0. The fraction of sp³-hybridized carbons (Fsp3) is 0.520. The molecule has 1 atom stereocenters. The first-order valence-electron chi connectivity index (χ1n) is 11.4. The molecule has 8 heteroatoms. The molecule has 2 heterocycles. The van der Waals surface area contributed by atoms with Gasteiger partial charge >= 0.3 is 12.1 Å². The Labute approximate surface area is 191 Å². The molecule has 1 aromatic carbocycles. The van der Waals surface area contributed by atoms with E-state index in [9.17, 15) is 22.8 Å². The highest BCUT2D eigenvalue weighted by molar-refractivity contribution is 5.88. The second-order valence-corrected chi connectivity index (χ2v) is 9.73. The largest absolute Gasteiger partial charge is 0.480 e. The summed E-state index contributed by atoms with van der Waals surface area (Å²) in [5, 5.41) is 11.8. The fourth-order valence-electron chi connectivity index (χ4n) is 5.54. The minimum atomic E-state index is -4.30. The monoisotopic (exact) mass is 462 g/mol. The third-order valence-corrected chi connectivity index (χ3v) is 7.39. The summed E-state index contributed by atoms with van der Waals surface area (Å²) < 4.78 is 37.7. The highest BCUT2D eigenvalue weighted by atomic mass is 19.4. The molecule has 0 radical (unpaired) electrons. The van der Waals surface area contributed by atoms with Gasteiger partial charge in [0.2, 0.25) is 5.91 Å². The van der Waals surface area contributed by atoms with Crippen LogP contribution in [0.1, 0.15) is 56.1 Å². The molecule has 1 saturated carbocycles. The molecule has 1 unspecified atom stereocenters. The van der Waals surface area contributed by atoms with Crippen LogP contribution in [0.3, 0.4) is 0 Å². The van der Waals surface area contributed by atoms with Gasteiger partial charge in [0.25, 0.3) is 0 Å². The van der Waals surface area contributed by atoms with Crippen molar-refractivity contribution in [1.82, 2.24) is 10.2 Å². The number of allylic oxidation sites excluding steroid dienone is 1. The van der Waals surface area contributed by atoms with E-state index in [1.807, 2.05) is 0 Å². The van der Waals surface area contributed by atoms with E-state index in [0.29, 0.717) is 13.1 Å². The number of nitrogens with zero attached hydrogens (tertiary/aromatic N) is 1. The zero-order valence-corrected chi connectivity index (χ0v) is 18.5. The van der Waals surface area contributed by atoms with Gasteiger partial charge < -0.3 is 10.0 Å². The van der Waals surface area contributed by atoms with Gasteiger partial charge in [-0.1, -0.05) is 37.6 Å². The van der Waals surface area contributed by atoms with Crippen LogP contribution in [0.5, 0.6) is 0 Å². The summed E-state index contributed by atoms with van der Waals surface area (Å²) in [6, 6.07) is 5.04. The van der Waals surface area contributed by atoms with Crippen molar-refractivity contribution in [3.8, 4) is 0 Å². The number of halogens is 3. The molecule has 33 heavy (non-hydrogen) atoms. The van der Waals surface area contributed by atoms with E-state index < -0.39 is 17.7 Å².